The van der Waals surface area contributed by atoms with Gasteiger partial charge in [-0.25, -0.2) is 12.8 Å². The monoisotopic (exact) mass is 392 g/mol. The van der Waals surface area contributed by atoms with Crippen LogP contribution in [0.4, 0.5) is 10.1 Å². The summed E-state index contributed by atoms with van der Waals surface area (Å²) < 4.78 is 38.9. The Morgan fingerprint density at radius 1 is 1.11 bits per heavy atom. The average Bonchev–Trinajstić information content (AvgIpc) is 2.64. The van der Waals surface area contributed by atoms with Gasteiger partial charge in [-0.05, 0) is 42.2 Å². The van der Waals surface area contributed by atoms with Gasteiger partial charge in [0.2, 0.25) is 15.9 Å². The van der Waals surface area contributed by atoms with E-state index in [-0.39, 0.29) is 23.9 Å². The quantitative estimate of drug-likeness (QED) is 0.750. The summed E-state index contributed by atoms with van der Waals surface area (Å²) >= 11 is 0. The number of carbonyl (C=O) groups excluding carboxylic acids is 1. The molecule has 0 saturated heterocycles. The van der Waals surface area contributed by atoms with Crippen molar-refractivity contribution in [2.24, 2.45) is 0 Å². The molecule has 0 bridgehead atoms. The molecular formula is C20H25FN2O3S. The predicted molar refractivity (Wildman–Crippen MR) is 106 cm³/mol. The Balaban J connectivity index is 2.18. The van der Waals surface area contributed by atoms with Gasteiger partial charge in [-0.2, -0.15) is 0 Å². The zero-order valence-electron chi connectivity index (χ0n) is 15.7. The second-order valence-corrected chi connectivity index (χ2v) is 8.38. The fraction of sp³-hybridized carbons (Fsp3) is 0.350. The number of nitrogens with zero attached hydrogens (tertiary/aromatic N) is 1. The lowest BCUT2D eigenvalue weighted by molar-refractivity contribution is -0.122. The third-order valence-electron chi connectivity index (χ3n) is 4.36. The minimum absolute atomic E-state index is 0.0881. The van der Waals surface area contributed by atoms with Crippen LogP contribution in [0.3, 0.4) is 0 Å². The van der Waals surface area contributed by atoms with Crippen LogP contribution in [0.1, 0.15) is 31.7 Å². The van der Waals surface area contributed by atoms with Crippen LogP contribution in [0.2, 0.25) is 0 Å². The zero-order valence-corrected chi connectivity index (χ0v) is 16.5. The van der Waals surface area contributed by atoms with Gasteiger partial charge in [0, 0.05) is 6.54 Å². The largest absolute Gasteiger partial charge is 0.354 e. The molecule has 2 aromatic rings. The van der Waals surface area contributed by atoms with Crippen LogP contribution >= 0.6 is 0 Å². The first-order chi connectivity index (χ1) is 12.7. The summed E-state index contributed by atoms with van der Waals surface area (Å²) in [5.74, 6) is -0.762. The molecule has 0 radical (unpaired) electrons. The van der Waals surface area contributed by atoms with Crippen molar-refractivity contribution in [3.05, 3.63) is 66.0 Å². The Labute approximate surface area is 160 Å². The molecular weight excluding hydrogens is 367 g/mol. The van der Waals surface area contributed by atoms with Gasteiger partial charge in [-0.15, -0.1) is 0 Å². The maximum Gasteiger partial charge on any atom is 0.243 e. The van der Waals surface area contributed by atoms with Gasteiger partial charge in [0.25, 0.3) is 0 Å². The van der Waals surface area contributed by atoms with E-state index in [4.69, 9.17) is 0 Å². The van der Waals surface area contributed by atoms with Gasteiger partial charge in [0.1, 0.15) is 11.9 Å². The average molecular weight is 392 g/mol. The molecule has 0 aromatic heterocycles. The molecule has 146 valence electrons. The molecule has 2 atom stereocenters. The smallest absolute Gasteiger partial charge is 0.243 e. The normalized spacial score (nSPS) is 13.6. The first kappa shape index (κ1) is 20.9. The van der Waals surface area contributed by atoms with E-state index in [1.807, 2.05) is 37.3 Å². The lowest BCUT2D eigenvalue weighted by Crippen LogP contribution is -2.49. The number of sulfonamides is 1. The highest BCUT2D eigenvalue weighted by Gasteiger charge is 2.31. The van der Waals surface area contributed by atoms with Crippen molar-refractivity contribution in [2.75, 3.05) is 17.1 Å². The molecule has 2 rings (SSSR count). The molecule has 0 unspecified atom stereocenters. The van der Waals surface area contributed by atoms with Gasteiger partial charge < -0.3 is 5.32 Å². The van der Waals surface area contributed by atoms with E-state index in [1.54, 1.807) is 6.92 Å². The highest BCUT2D eigenvalue weighted by molar-refractivity contribution is 7.92. The molecule has 5 nitrogen and oxygen atoms in total. The number of carbonyl (C=O) groups is 1. The molecule has 27 heavy (non-hydrogen) atoms. The number of anilines is 1. The fourth-order valence-electron chi connectivity index (χ4n) is 2.92. The van der Waals surface area contributed by atoms with E-state index >= 15 is 0 Å². The molecule has 0 aliphatic rings. The van der Waals surface area contributed by atoms with Crippen molar-refractivity contribution in [1.29, 1.82) is 0 Å². The van der Waals surface area contributed by atoms with Crippen molar-refractivity contribution in [3.63, 3.8) is 0 Å². The lowest BCUT2D eigenvalue weighted by atomic mass is 10.0. The Bertz CT molecular complexity index is 855. The first-order valence-corrected chi connectivity index (χ1v) is 10.7. The summed E-state index contributed by atoms with van der Waals surface area (Å²) in [6.45, 7) is 4.12. The van der Waals surface area contributed by atoms with Crippen molar-refractivity contribution in [2.45, 2.75) is 32.2 Å². The summed E-state index contributed by atoms with van der Waals surface area (Å²) in [5.41, 5.74) is 1.35. The summed E-state index contributed by atoms with van der Waals surface area (Å²) in [6, 6.07) is 13.9. The standard InChI is InChI=1S/C20H25FN2O3S/c1-4-19(20(24)22-14-15(2)16-8-6-5-7-9-16)23(27(3,25)26)18-12-10-17(21)11-13-18/h5-13,15,19H,4,14H2,1-3H3,(H,22,24)/t15-,19+/m0/s1. The van der Waals surface area contributed by atoms with Gasteiger partial charge >= 0.3 is 0 Å². The van der Waals surface area contributed by atoms with Crippen LogP contribution in [0.25, 0.3) is 0 Å². The number of halogens is 1. The maximum atomic E-state index is 13.2. The summed E-state index contributed by atoms with van der Waals surface area (Å²) in [4.78, 5) is 12.7. The summed E-state index contributed by atoms with van der Waals surface area (Å²) in [6.07, 6.45) is 1.33. The molecule has 7 heteroatoms. The van der Waals surface area contributed by atoms with Crippen LogP contribution < -0.4 is 9.62 Å². The molecule has 0 saturated carbocycles. The number of nitrogens with one attached hydrogen (secondary N) is 1. The topological polar surface area (TPSA) is 66.5 Å². The zero-order chi connectivity index (χ0) is 20.0. The summed E-state index contributed by atoms with van der Waals surface area (Å²) in [7, 11) is -3.73. The van der Waals surface area contributed by atoms with Gasteiger partial charge in [0.05, 0.1) is 11.9 Å². The minimum atomic E-state index is -3.73. The van der Waals surface area contributed by atoms with Crippen molar-refractivity contribution in [1.82, 2.24) is 5.32 Å². The van der Waals surface area contributed by atoms with Crippen molar-refractivity contribution >= 4 is 21.6 Å². The number of amides is 1. The van der Waals surface area contributed by atoms with E-state index in [0.717, 1.165) is 16.1 Å². The maximum absolute atomic E-state index is 13.2. The Hall–Kier alpha value is -2.41. The molecule has 2 aromatic carbocycles. The van der Waals surface area contributed by atoms with E-state index in [9.17, 15) is 17.6 Å². The first-order valence-electron chi connectivity index (χ1n) is 8.81. The molecule has 0 aliphatic heterocycles. The number of hydrogen-bond donors (Lipinski definition) is 1. The Morgan fingerprint density at radius 3 is 2.22 bits per heavy atom. The van der Waals surface area contributed by atoms with Crippen molar-refractivity contribution < 1.29 is 17.6 Å². The number of benzene rings is 2. The molecule has 1 amide bonds. The van der Waals surface area contributed by atoms with Crippen LogP contribution in [-0.4, -0.2) is 33.2 Å². The molecule has 0 aliphatic carbocycles. The SMILES string of the molecule is CC[C@H](C(=O)NC[C@H](C)c1ccccc1)N(c1ccc(F)cc1)S(C)(=O)=O. The third-order valence-corrected chi connectivity index (χ3v) is 5.54. The lowest BCUT2D eigenvalue weighted by Gasteiger charge is -2.30. The highest BCUT2D eigenvalue weighted by atomic mass is 32.2. The predicted octanol–water partition coefficient (Wildman–Crippen LogP) is 3.29. The minimum Gasteiger partial charge on any atom is -0.354 e. The van der Waals surface area contributed by atoms with E-state index < -0.39 is 21.9 Å². The van der Waals surface area contributed by atoms with Crippen LogP contribution in [0.15, 0.2) is 54.6 Å². The second-order valence-electron chi connectivity index (χ2n) is 6.52. The number of hydrogen-bond acceptors (Lipinski definition) is 3. The number of rotatable bonds is 8. The molecule has 0 fully saturated rings. The fourth-order valence-corrected chi connectivity index (χ4v) is 4.13. The van der Waals surface area contributed by atoms with Gasteiger partial charge in [0.15, 0.2) is 0 Å². The van der Waals surface area contributed by atoms with Gasteiger partial charge in [-0.3, -0.25) is 9.10 Å². The third kappa shape index (κ3) is 5.53. The highest BCUT2D eigenvalue weighted by Crippen LogP contribution is 2.23. The van der Waals surface area contributed by atoms with Crippen molar-refractivity contribution in [3.8, 4) is 0 Å². The van der Waals surface area contributed by atoms with Crippen LogP contribution in [0, 0.1) is 5.82 Å². The van der Waals surface area contributed by atoms with Crippen LogP contribution in [-0.2, 0) is 14.8 Å². The van der Waals surface area contributed by atoms with Crippen LogP contribution in [0.5, 0.6) is 0 Å². The van der Waals surface area contributed by atoms with Gasteiger partial charge in [-0.1, -0.05) is 44.2 Å². The Morgan fingerprint density at radius 2 is 1.70 bits per heavy atom. The van der Waals surface area contributed by atoms with E-state index in [2.05, 4.69) is 5.32 Å². The molecule has 1 N–H and O–H groups in total. The summed E-state index contributed by atoms with van der Waals surface area (Å²) in [5, 5.41) is 2.85. The molecule has 0 heterocycles. The second kappa shape index (κ2) is 8.99. The molecule has 0 spiro atoms. The van der Waals surface area contributed by atoms with E-state index in [0.29, 0.717) is 6.54 Å². The Kier molecular flexibility index (Phi) is 6.96. The van der Waals surface area contributed by atoms with E-state index in [1.165, 1.54) is 24.3 Å².